The minimum absolute atomic E-state index is 0.0608. The van der Waals surface area contributed by atoms with Gasteiger partial charge in [0.05, 0.1) is 11.5 Å². The van der Waals surface area contributed by atoms with E-state index in [1.807, 2.05) is 25.1 Å². The quantitative estimate of drug-likeness (QED) is 0.914. The van der Waals surface area contributed by atoms with Gasteiger partial charge in [0.2, 0.25) is 0 Å². The van der Waals surface area contributed by atoms with Crippen LogP contribution >= 0.6 is 0 Å². The van der Waals surface area contributed by atoms with Crippen molar-refractivity contribution >= 4 is 21.4 Å². The van der Waals surface area contributed by atoms with E-state index in [1.165, 1.54) is 0 Å². The molecule has 0 aliphatic carbocycles. The third kappa shape index (κ3) is 2.77. The van der Waals surface area contributed by atoms with Crippen LogP contribution in [0.5, 0.6) is 0 Å². The summed E-state index contributed by atoms with van der Waals surface area (Å²) >= 11 is 0. The van der Waals surface area contributed by atoms with Crippen molar-refractivity contribution in [1.82, 2.24) is 4.90 Å². The van der Waals surface area contributed by atoms with Gasteiger partial charge in [-0.2, -0.15) is 0 Å². The fraction of sp³-hybridized carbons (Fsp3) is 0.533. The van der Waals surface area contributed by atoms with E-state index >= 15 is 0 Å². The average Bonchev–Trinajstić information content (AvgIpc) is 3.05. The third-order valence-electron chi connectivity index (χ3n) is 4.31. The summed E-state index contributed by atoms with van der Waals surface area (Å²) in [5.41, 5.74) is 2.91. The molecule has 0 spiro atoms. The molecule has 0 radical (unpaired) electrons. The van der Waals surface area contributed by atoms with Crippen LogP contribution in [0.1, 0.15) is 29.3 Å². The smallest absolute Gasteiger partial charge is 0.254 e. The highest BCUT2D eigenvalue weighted by Crippen LogP contribution is 2.25. The van der Waals surface area contributed by atoms with Gasteiger partial charge in [0.25, 0.3) is 5.91 Å². The first-order valence-corrected chi connectivity index (χ1v) is 9.20. The molecular formula is C15H20N2O3S. The third-order valence-corrected chi connectivity index (χ3v) is 6.06. The van der Waals surface area contributed by atoms with E-state index < -0.39 is 9.84 Å². The number of carbonyl (C=O) groups excluding carboxylic acids is 1. The molecule has 2 heterocycles. The van der Waals surface area contributed by atoms with Gasteiger partial charge in [0.1, 0.15) is 0 Å². The fourth-order valence-electron chi connectivity index (χ4n) is 3.19. The van der Waals surface area contributed by atoms with Crippen molar-refractivity contribution in [2.24, 2.45) is 0 Å². The Morgan fingerprint density at radius 1 is 1.43 bits per heavy atom. The molecule has 1 fully saturated rings. The van der Waals surface area contributed by atoms with Gasteiger partial charge in [-0.15, -0.1) is 0 Å². The van der Waals surface area contributed by atoms with Crippen LogP contribution in [0.3, 0.4) is 0 Å². The van der Waals surface area contributed by atoms with E-state index in [0.717, 1.165) is 24.2 Å². The zero-order valence-corrected chi connectivity index (χ0v) is 12.9. The Labute approximate surface area is 125 Å². The van der Waals surface area contributed by atoms with Gasteiger partial charge in [0.15, 0.2) is 9.84 Å². The zero-order valence-electron chi connectivity index (χ0n) is 12.1. The zero-order chi connectivity index (χ0) is 15.0. The monoisotopic (exact) mass is 308 g/mol. The number of fused-ring (bicyclic) bond motifs is 1. The number of hydrogen-bond donors (Lipinski definition) is 1. The van der Waals surface area contributed by atoms with E-state index in [0.29, 0.717) is 18.5 Å². The lowest BCUT2D eigenvalue weighted by molar-refractivity contribution is 0.0708. The summed E-state index contributed by atoms with van der Waals surface area (Å²) in [6.07, 6.45) is 1.48. The molecule has 1 N–H and O–H groups in total. The Balaban J connectivity index is 1.82. The van der Waals surface area contributed by atoms with E-state index in [4.69, 9.17) is 0 Å². The number of anilines is 1. The first-order chi connectivity index (χ1) is 10.00. The van der Waals surface area contributed by atoms with Crippen molar-refractivity contribution in [3.8, 4) is 0 Å². The lowest BCUT2D eigenvalue weighted by atomic mass is 10.1. The summed E-state index contributed by atoms with van der Waals surface area (Å²) in [5, 5.41) is 3.27. The Bertz CT molecular complexity index is 669. The standard InChI is InChI=1S/C15H20N2O3S/c1-2-17(13-6-8-21(19,20)10-13)15(18)12-3-4-14-11(9-12)5-7-16-14/h3-4,9,13,16H,2,5-8,10H2,1H3. The summed E-state index contributed by atoms with van der Waals surface area (Å²) in [6.45, 7) is 3.34. The van der Waals surface area contributed by atoms with Crippen molar-refractivity contribution in [2.75, 3.05) is 29.9 Å². The second-order valence-electron chi connectivity index (χ2n) is 5.70. The van der Waals surface area contributed by atoms with Gasteiger partial charge in [-0.25, -0.2) is 8.42 Å². The Hall–Kier alpha value is -1.56. The summed E-state index contributed by atoms with van der Waals surface area (Å²) in [7, 11) is -2.98. The predicted octanol–water partition coefficient (Wildman–Crippen LogP) is 1.30. The predicted molar refractivity (Wildman–Crippen MR) is 82.4 cm³/mol. The van der Waals surface area contributed by atoms with Crippen LogP contribution in [0.2, 0.25) is 0 Å². The maximum atomic E-state index is 12.7. The summed E-state index contributed by atoms with van der Waals surface area (Å²) in [5.74, 6) is 0.226. The number of nitrogens with one attached hydrogen (secondary N) is 1. The Morgan fingerprint density at radius 3 is 2.90 bits per heavy atom. The van der Waals surface area contributed by atoms with Gasteiger partial charge in [0, 0.05) is 30.4 Å². The first-order valence-electron chi connectivity index (χ1n) is 7.38. The van der Waals surface area contributed by atoms with Crippen molar-refractivity contribution in [3.63, 3.8) is 0 Å². The highest BCUT2D eigenvalue weighted by Gasteiger charge is 2.34. The van der Waals surface area contributed by atoms with E-state index in [-0.39, 0.29) is 23.5 Å². The van der Waals surface area contributed by atoms with Crippen LogP contribution in [0.4, 0.5) is 5.69 Å². The molecule has 1 aromatic rings. The second kappa shape index (κ2) is 5.33. The molecule has 0 saturated carbocycles. The van der Waals surface area contributed by atoms with Crippen LogP contribution in [0, 0.1) is 0 Å². The lowest BCUT2D eigenvalue weighted by Gasteiger charge is -2.27. The molecule has 2 aliphatic rings. The van der Waals surface area contributed by atoms with Crippen molar-refractivity contribution in [3.05, 3.63) is 29.3 Å². The van der Waals surface area contributed by atoms with Crippen molar-refractivity contribution in [1.29, 1.82) is 0 Å². The van der Waals surface area contributed by atoms with Crippen LogP contribution in [-0.4, -0.2) is 49.9 Å². The number of rotatable bonds is 3. The van der Waals surface area contributed by atoms with Crippen LogP contribution in [0.25, 0.3) is 0 Å². The number of amides is 1. The Morgan fingerprint density at radius 2 is 2.24 bits per heavy atom. The molecule has 0 aromatic heterocycles. The van der Waals surface area contributed by atoms with Gasteiger partial charge < -0.3 is 10.2 Å². The topological polar surface area (TPSA) is 66.5 Å². The molecule has 1 aromatic carbocycles. The number of nitrogens with zero attached hydrogens (tertiary/aromatic N) is 1. The molecule has 5 nitrogen and oxygen atoms in total. The van der Waals surface area contributed by atoms with E-state index in [9.17, 15) is 13.2 Å². The SMILES string of the molecule is CCN(C(=O)c1ccc2c(c1)CCN2)C1CCS(=O)(=O)C1. The second-order valence-corrected chi connectivity index (χ2v) is 7.93. The van der Waals surface area contributed by atoms with Gasteiger partial charge in [-0.05, 0) is 43.5 Å². The van der Waals surface area contributed by atoms with Crippen LogP contribution in [-0.2, 0) is 16.3 Å². The van der Waals surface area contributed by atoms with Crippen molar-refractivity contribution < 1.29 is 13.2 Å². The number of benzene rings is 1. The minimum atomic E-state index is -2.98. The molecule has 2 aliphatic heterocycles. The van der Waals surface area contributed by atoms with Crippen molar-refractivity contribution in [2.45, 2.75) is 25.8 Å². The van der Waals surface area contributed by atoms with E-state index in [1.54, 1.807) is 4.90 Å². The molecule has 114 valence electrons. The molecular weight excluding hydrogens is 288 g/mol. The van der Waals surface area contributed by atoms with Crippen LogP contribution < -0.4 is 5.32 Å². The molecule has 3 rings (SSSR count). The average molecular weight is 308 g/mol. The number of sulfone groups is 1. The van der Waals surface area contributed by atoms with Gasteiger partial charge in [-0.3, -0.25) is 4.79 Å². The van der Waals surface area contributed by atoms with E-state index in [2.05, 4.69) is 5.32 Å². The minimum Gasteiger partial charge on any atom is -0.384 e. The first kappa shape index (κ1) is 14.4. The number of carbonyl (C=O) groups is 1. The normalized spacial score (nSPS) is 22.6. The molecule has 1 unspecified atom stereocenters. The molecule has 1 saturated heterocycles. The largest absolute Gasteiger partial charge is 0.384 e. The van der Waals surface area contributed by atoms with Crippen LogP contribution in [0.15, 0.2) is 18.2 Å². The lowest BCUT2D eigenvalue weighted by Crippen LogP contribution is -2.41. The summed E-state index contributed by atoms with van der Waals surface area (Å²) in [6, 6.07) is 5.52. The maximum absolute atomic E-state index is 12.7. The molecule has 21 heavy (non-hydrogen) atoms. The summed E-state index contributed by atoms with van der Waals surface area (Å²) < 4.78 is 23.3. The molecule has 1 atom stereocenters. The molecule has 1 amide bonds. The number of hydrogen-bond acceptors (Lipinski definition) is 4. The highest BCUT2D eigenvalue weighted by atomic mass is 32.2. The Kier molecular flexibility index (Phi) is 3.65. The molecule has 0 bridgehead atoms. The summed E-state index contributed by atoms with van der Waals surface area (Å²) in [4.78, 5) is 14.4. The van der Waals surface area contributed by atoms with Gasteiger partial charge in [-0.1, -0.05) is 0 Å². The molecule has 6 heteroatoms. The van der Waals surface area contributed by atoms with Gasteiger partial charge >= 0.3 is 0 Å². The fourth-order valence-corrected chi connectivity index (χ4v) is 4.92. The maximum Gasteiger partial charge on any atom is 0.254 e. The highest BCUT2D eigenvalue weighted by molar-refractivity contribution is 7.91.